The Morgan fingerprint density at radius 1 is 1.33 bits per heavy atom. The largest absolute Gasteiger partial charge is 0.466 e. The minimum Gasteiger partial charge on any atom is -0.466 e. The normalized spacial score (nSPS) is 12.0. The third kappa shape index (κ3) is 5.40. The van der Waals surface area contributed by atoms with E-state index in [0.29, 0.717) is 13.2 Å². The van der Waals surface area contributed by atoms with Crippen LogP contribution < -0.4 is 0 Å². The Morgan fingerprint density at radius 2 is 1.93 bits per heavy atom. The Kier molecular flexibility index (Phi) is 6.75. The van der Waals surface area contributed by atoms with Crippen molar-refractivity contribution >= 4 is 11.9 Å². The fourth-order valence-electron chi connectivity index (χ4n) is 1.35. The first-order valence-electron chi connectivity index (χ1n) is 5.45. The summed E-state index contributed by atoms with van der Waals surface area (Å²) in [6, 6.07) is 0.178. The molecule has 0 bridgehead atoms. The summed E-state index contributed by atoms with van der Waals surface area (Å²) in [5.41, 5.74) is 0. The average molecular weight is 215 g/mol. The van der Waals surface area contributed by atoms with Gasteiger partial charge < -0.3 is 9.64 Å². The van der Waals surface area contributed by atoms with Gasteiger partial charge in [-0.1, -0.05) is 6.92 Å². The summed E-state index contributed by atoms with van der Waals surface area (Å²) in [5.74, 6) is -0.235. The van der Waals surface area contributed by atoms with Gasteiger partial charge in [-0.05, 0) is 20.3 Å². The van der Waals surface area contributed by atoms with E-state index in [9.17, 15) is 9.59 Å². The molecule has 0 aromatic heterocycles. The SMILES string of the molecule is CCOC(=O)CCN(C(C)=O)C(C)CC. The van der Waals surface area contributed by atoms with E-state index in [0.717, 1.165) is 6.42 Å². The number of carbonyl (C=O) groups is 2. The number of amides is 1. The van der Waals surface area contributed by atoms with Gasteiger partial charge in [0.2, 0.25) is 5.91 Å². The van der Waals surface area contributed by atoms with Gasteiger partial charge in [0.15, 0.2) is 0 Å². The molecule has 0 saturated heterocycles. The van der Waals surface area contributed by atoms with Crippen molar-refractivity contribution in [1.82, 2.24) is 4.90 Å². The highest BCUT2D eigenvalue weighted by molar-refractivity contribution is 5.75. The number of carbonyl (C=O) groups excluding carboxylic acids is 2. The Morgan fingerprint density at radius 3 is 2.33 bits per heavy atom. The quantitative estimate of drug-likeness (QED) is 0.632. The lowest BCUT2D eigenvalue weighted by Crippen LogP contribution is -2.38. The molecule has 0 radical (unpaired) electrons. The van der Waals surface area contributed by atoms with E-state index in [2.05, 4.69) is 0 Å². The Balaban J connectivity index is 4.07. The van der Waals surface area contributed by atoms with Crippen molar-refractivity contribution in [2.24, 2.45) is 0 Å². The predicted molar refractivity (Wildman–Crippen MR) is 58.4 cm³/mol. The topological polar surface area (TPSA) is 46.6 Å². The molecule has 0 aliphatic rings. The molecule has 1 unspecified atom stereocenters. The zero-order valence-electron chi connectivity index (χ0n) is 10.1. The third-order valence-electron chi connectivity index (χ3n) is 2.39. The maximum absolute atomic E-state index is 11.3. The van der Waals surface area contributed by atoms with Crippen LogP contribution in [0.3, 0.4) is 0 Å². The van der Waals surface area contributed by atoms with Crippen LogP contribution in [0.5, 0.6) is 0 Å². The second-order valence-corrected chi connectivity index (χ2v) is 3.52. The Bertz CT molecular complexity index is 216. The highest BCUT2D eigenvalue weighted by Crippen LogP contribution is 2.05. The molecular formula is C11H21NO3. The Labute approximate surface area is 91.6 Å². The van der Waals surface area contributed by atoms with Crippen molar-refractivity contribution < 1.29 is 14.3 Å². The molecule has 0 rings (SSSR count). The first-order valence-corrected chi connectivity index (χ1v) is 5.45. The molecule has 4 nitrogen and oxygen atoms in total. The van der Waals surface area contributed by atoms with E-state index in [1.54, 1.807) is 11.8 Å². The minimum absolute atomic E-state index is 0.00801. The number of hydrogen-bond acceptors (Lipinski definition) is 3. The molecule has 1 amide bonds. The van der Waals surface area contributed by atoms with Crippen molar-refractivity contribution in [1.29, 1.82) is 0 Å². The molecular weight excluding hydrogens is 194 g/mol. The van der Waals surface area contributed by atoms with Crippen molar-refractivity contribution in [2.75, 3.05) is 13.2 Å². The molecule has 0 aromatic rings. The first-order chi connectivity index (χ1) is 7.02. The van der Waals surface area contributed by atoms with E-state index in [1.165, 1.54) is 6.92 Å². The Hall–Kier alpha value is -1.06. The lowest BCUT2D eigenvalue weighted by atomic mass is 10.2. The second kappa shape index (κ2) is 7.26. The maximum atomic E-state index is 11.3. The second-order valence-electron chi connectivity index (χ2n) is 3.52. The molecule has 0 aromatic carbocycles. The van der Waals surface area contributed by atoms with Gasteiger partial charge in [0, 0.05) is 19.5 Å². The highest BCUT2D eigenvalue weighted by atomic mass is 16.5. The molecule has 1 atom stereocenters. The summed E-state index contributed by atoms with van der Waals surface area (Å²) in [4.78, 5) is 24.1. The number of hydrogen-bond donors (Lipinski definition) is 0. The van der Waals surface area contributed by atoms with Crippen LogP contribution in [0.25, 0.3) is 0 Å². The first kappa shape index (κ1) is 13.9. The van der Waals surface area contributed by atoms with Gasteiger partial charge in [0.1, 0.15) is 0 Å². The maximum Gasteiger partial charge on any atom is 0.307 e. The smallest absolute Gasteiger partial charge is 0.307 e. The van der Waals surface area contributed by atoms with Gasteiger partial charge in [-0.25, -0.2) is 0 Å². The summed E-state index contributed by atoms with van der Waals surface area (Å²) < 4.78 is 4.81. The van der Waals surface area contributed by atoms with E-state index in [4.69, 9.17) is 4.74 Å². The van der Waals surface area contributed by atoms with E-state index in [-0.39, 0.29) is 24.3 Å². The van der Waals surface area contributed by atoms with Gasteiger partial charge in [0.05, 0.1) is 13.0 Å². The van der Waals surface area contributed by atoms with Crippen molar-refractivity contribution in [3.63, 3.8) is 0 Å². The summed E-state index contributed by atoms with van der Waals surface area (Å²) >= 11 is 0. The van der Waals surface area contributed by atoms with Crippen LogP contribution in [-0.2, 0) is 14.3 Å². The molecule has 15 heavy (non-hydrogen) atoms. The minimum atomic E-state index is -0.243. The van der Waals surface area contributed by atoms with E-state index < -0.39 is 0 Å². The fourth-order valence-corrected chi connectivity index (χ4v) is 1.35. The van der Waals surface area contributed by atoms with Crippen molar-refractivity contribution in [3.05, 3.63) is 0 Å². The summed E-state index contributed by atoms with van der Waals surface area (Å²) in [6.45, 7) is 8.13. The van der Waals surface area contributed by atoms with Crippen LogP contribution in [0, 0.1) is 0 Å². The third-order valence-corrected chi connectivity index (χ3v) is 2.39. The number of nitrogens with zero attached hydrogens (tertiary/aromatic N) is 1. The van der Waals surface area contributed by atoms with Crippen LogP contribution in [0.4, 0.5) is 0 Å². The zero-order chi connectivity index (χ0) is 11.8. The van der Waals surface area contributed by atoms with Gasteiger partial charge in [-0.3, -0.25) is 9.59 Å². The van der Waals surface area contributed by atoms with Crippen LogP contribution in [-0.4, -0.2) is 36.0 Å². The summed E-state index contributed by atoms with van der Waals surface area (Å²) in [7, 11) is 0. The zero-order valence-corrected chi connectivity index (χ0v) is 10.1. The number of ether oxygens (including phenoxy) is 1. The van der Waals surface area contributed by atoms with Gasteiger partial charge in [0.25, 0.3) is 0 Å². The summed E-state index contributed by atoms with van der Waals surface area (Å²) in [6.07, 6.45) is 1.17. The van der Waals surface area contributed by atoms with Crippen molar-refractivity contribution in [3.8, 4) is 0 Å². The number of esters is 1. The van der Waals surface area contributed by atoms with Crippen LogP contribution in [0.15, 0.2) is 0 Å². The van der Waals surface area contributed by atoms with Crippen molar-refractivity contribution in [2.45, 2.75) is 46.6 Å². The molecule has 4 heteroatoms. The van der Waals surface area contributed by atoms with E-state index in [1.807, 2.05) is 13.8 Å². The molecule has 0 N–H and O–H groups in total. The monoisotopic (exact) mass is 215 g/mol. The van der Waals surface area contributed by atoms with Crippen LogP contribution in [0.1, 0.15) is 40.5 Å². The van der Waals surface area contributed by atoms with Gasteiger partial charge in [-0.15, -0.1) is 0 Å². The molecule has 0 fully saturated rings. The van der Waals surface area contributed by atoms with E-state index >= 15 is 0 Å². The van der Waals surface area contributed by atoms with Gasteiger partial charge in [-0.2, -0.15) is 0 Å². The van der Waals surface area contributed by atoms with Crippen LogP contribution in [0.2, 0.25) is 0 Å². The molecule has 0 aliphatic heterocycles. The van der Waals surface area contributed by atoms with Crippen LogP contribution >= 0.6 is 0 Å². The predicted octanol–water partition coefficient (Wildman–Crippen LogP) is 1.59. The lowest BCUT2D eigenvalue weighted by Gasteiger charge is -2.26. The lowest BCUT2D eigenvalue weighted by molar-refractivity contribution is -0.144. The molecule has 88 valence electrons. The molecule has 0 saturated carbocycles. The molecule has 0 heterocycles. The molecule has 0 aliphatic carbocycles. The fraction of sp³-hybridized carbons (Fsp3) is 0.818. The summed E-state index contributed by atoms with van der Waals surface area (Å²) in [5, 5.41) is 0. The standard InChI is InChI=1S/C11H21NO3/c1-5-9(3)12(10(4)13)8-7-11(14)15-6-2/h9H,5-8H2,1-4H3. The molecule has 0 spiro atoms. The number of rotatable bonds is 6. The highest BCUT2D eigenvalue weighted by Gasteiger charge is 2.16. The van der Waals surface area contributed by atoms with Gasteiger partial charge >= 0.3 is 5.97 Å². The average Bonchev–Trinajstić information content (AvgIpc) is 2.17.